The highest BCUT2D eigenvalue weighted by atomic mass is 16.4. The Balaban J connectivity index is 3.08. The van der Waals surface area contributed by atoms with Crippen molar-refractivity contribution in [2.75, 3.05) is 6.54 Å². The average Bonchev–Trinajstić information content (AvgIpc) is 2.88. The fourth-order valence-corrected chi connectivity index (χ4v) is 3.49. The first-order chi connectivity index (χ1) is 19.2. The van der Waals surface area contributed by atoms with E-state index in [0.29, 0.717) is 5.56 Å². The monoisotopic (exact) mass is 581 g/mol. The van der Waals surface area contributed by atoms with Gasteiger partial charge in [0.15, 0.2) is 5.96 Å². The lowest BCUT2D eigenvalue weighted by atomic mass is 10.0. The van der Waals surface area contributed by atoms with Crippen LogP contribution in [0.5, 0.6) is 5.75 Å². The molecule has 226 valence electrons. The first kappa shape index (κ1) is 34.1. The number of amides is 3. The summed E-state index contributed by atoms with van der Waals surface area (Å²) in [6, 6.07) is 0.0864. The lowest BCUT2D eigenvalue weighted by Crippen LogP contribution is -2.57. The van der Waals surface area contributed by atoms with Crippen molar-refractivity contribution in [3.05, 3.63) is 29.8 Å². The van der Waals surface area contributed by atoms with Crippen molar-refractivity contribution in [3.63, 3.8) is 0 Å². The van der Waals surface area contributed by atoms with Crippen molar-refractivity contribution in [1.82, 2.24) is 16.0 Å². The van der Waals surface area contributed by atoms with Gasteiger partial charge in [0.25, 0.3) is 0 Å². The number of aliphatic imine (C=N–C) groups is 1. The Morgan fingerprint density at radius 3 is 1.83 bits per heavy atom. The Morgan fingerprint density at radius 2 is 1.32 bits per heavy atom. The maximum atomic E-state index is 13.2. The second kappa shape index (κ2) is 16.9. The van der Waals surface area contributed by atoms with Gasteiger partial charge in [-0.2, -0.15) is 0 Å². The molecule has 1 rings (SSSR count). The smallest absolute Gasteiger partial charge is 0.326 e. The van der Waals surface area contributed by atoms with Crippen LogP contribution in [0.25, 0.3) is 0 Å². The molecule has 1 aromatic carbocycles. The van der Waals surface area contributed by atoms with Gasteiger partial charge in [0.2, 0.25) is 17.7 Å². The number of aliphatic carboxylic acids is 3. The molecule has 0 aliphatic heterocycles. The topological polar surface area (TPSA) is 310 Å². The fraction of sp³-hybridized carbons (Fsp3) is 0.458. The molecule has 0 saturated heterocycles. The summed E-state index contributed by atoms with van der Waals surface area (Å²) >= 11 is 0. The van der Waals surface area contributed by atoms with Gasteiger partial charge in [0.1, 0.15) is 23.9 Å². The third-order valence-corrected chi connectivity index (χ3v) is 5.58. The van der Waals surface area contributed by atoms with E-state index in [-0.39, 0.29) is 37.5 Å². The fourth-order valence-electron chi connectivity index (χ4n) is 3.49. The van der Waals surface area contributed by atoms with E-state index in [1.807, 2.05) is 5.32 Å². The molecule has 4 atom stereocenters. The number of carbonyl (C=O) groups is 6. The van der Waals surface area contributed by atoms with Gasteiger partial charge in [-0.05, 0) is 43.4 Å². The molecule has 41 heavy (non-hydrogen) atoms. The van der Waals surface area contributed by atoms with Gasteiger partial charge in [-0.3, -0.25) is 29.0 Å². The Morgan fingerprint density at radius 1 is 0.780 bits per heavy atom. The van der Waals surface area contributed by atoms with Crippen LogP contribution < -0.4 is 33.2 Å². The third kappa shape index (κ3) is 13.6. The predicted octanol–water partition coefficient (Wildman–Crippen LogP) is -2.81. The molecule has 3 amide bonds. The van der Waals surface area contributed by atoms with Gasteiger partial charge in [-0.25, -0.2) is 4.79 Å². The number of carboxylic acids is 3. The van der Waals surface area contributed by atoms with Gasteiger partial charge >= 0.3 is 17.9 Å². The number of benzene rings is 1. The number of rotatable bonds is 18. The Bertz CT molecular complexity index is 1120. The average molecular weight is 582 g/mol. The van der Waals surface area contributed by atoms with E-state index in [1.54, 1.807) is 12.1 Å². The van der Waals surface area contributed by atoms with E-state index in [1.165, 1.54) is 12.1 Å². The number of phenols is 1. The van der Waals surface area contributed by atoms with E-state index < -0.39 is 79.1 Å². The highest BCUT2D eigenvalue weighted by molar-refractivity contribution is 5.94. The summed E-state index contributed by atoms with van der Waals surface area (Å²) in [5.74, 6) is -7.47. The van der Waals surface area contributed by atoms with Crippen molar-refractivity contribution >= 4 is 41.6 Å². The van der Waals surface area contributed by atoms with Crippen LogP contribution >= 0.6 is 0 Å². The summed E-state index contributed by atoms with van der Waals surface area (Å²) in [5.41, 5.74) is 17.2. The molecule has 0 fully saturated rings. The maximum absolute atomic E-state index is 13.2. The quantitative estimate of drug-likeness (QED) is 0.0476. The first-order valence-electron chi connectivity index (χ1n) is 12.4. The molecular formula is C24H35N7O10. The molecule has 0 spiro atoms. The number of hydrogen-bond donors (Lipinski definition) is 10. The van der Waals surface area contributed by atoms with E-state index >= 15 is 0 Å². The largest absolute Gasteiger partial charge is 0.508 e. The van der Waals surface area contributed by atoms with Crippen LogP contribution in [0.15, 0.2) is 29.3 Å². The van der Waals surface area contributed by atoms with Crippen molar-refractivity contribution in [2.24, 2.45) is 22.2 Å². The second-order valence-electron chi connectivity index (χ2n) is 8.98. The van der Waals surface area contributed by atoms with Crippen LogP contribution in [0.4, 0.5) is 0 Å². The molecule has 0 aliphatic carbocycles. The number of hydrogen-bond acceptors (Lipinski definition) is 9. The second-order valence-corrected chi connectivity index (χ2v) is 8.98. The number of aromatic hydroxyl groups is 1. The highest BCUT2D eigenvalue weighted by Crippen LogP contribution is 2.11. The number of nitrogens with one attached hydrogen (secondary N) is 3. The Hall–Kier alpha value is -4.93. The molecule has 13 N–H and O–H groups in total. The van der Waals surface area contributed by atoms with Crippen molar-refractivity contribution < 1.29 is 49.2 Å². The number of carbonyl (C=O) groups excluding carboxylic acids is 3. The summed E-state index contributed by atoms with van der Waals surface area (Å²) in [7, 11) is 0. The summed E-state index contributed by atoms with van der Waals surface area (Å²) in [6.07, 6.45) is -1.84. The molecule has 17 nitrogen and oxygen atoms in total. The zero-order valence-corrected chi connectivity index (χ0v) is 22.0. The minimum atomic E-state index is -1.85. The van der Waals surface area contributed by atoms with Crippen LogP contribution in [0.3, 0.4) is 0 Å². The van der Waals surface area contributed by atoms with Crippen molar-refractivity contribution in [2.45, 2.75) is 62.7 Å². The number of guanidine groups is 1. The zero-order chi connectivity index (χ0) is 31.1. The summed E-state index contributed by atoms with van der Waals surface area (Å²) in [5, 5.41) is 43.3. The molecule has 0 heterocycles. The van der Waals surface area contributed by atoms with Crippen molar-refractivity contribution in [1.29, 1.82) is 0 Å². The minimum Gasteiger partial charge on any atom is -0.508 e. The predicted molar refractivity (Wildman–Crippen MR) is 142 cm³/mol. The van der Waals surface area contributed by atoms with E-state index in [4.69, 9.17) is 27.4 Å². The lowest BCUT2D eigenvalue weighted by Gasteiger charge is -2.25. The molecule has 1 aromatic rings. The van der Waals surface area contributed by atoms with E-state index in [2.05, 4.69) is 15.6 Å². The first-order valence-corrected chi connectivity index (χ1v) is 12.4. The molecule has 0 radical (unpaired) electrons. The standard InChI is InChI=1S/C24H35N7O10/c25-14(10-12-3-5-13(32)6-4-12)20(37)29-15(2-1-9-28-24(26)27)21(38)30-16(7-8-18(33)34)22(39)31-17(23(40)41)11-19(35)36/h3-6,14-17,32H,1-2,7-11,25H2,(H,29,37)(H,30,38)(H,31,39)(H,33,34)(H,35,36)(H,40,41)(H4,26,27,28). The Kier molecular flexibility index (Phi) is 14.1. The zero-order valence-electron chi connectivity index (χ0n) is 22.0. The third-order valence-electron chi connectivity index (χ3n) is 5.58. The van der Waals surface area contributed by atoms with Gasteiger partial charge < -0.3 is 53.6 Å². The molecule has 17 heteroatoms. The Labute approximate surface area is 234 Å². The lowest BCUT2D eigenvalue weighted by molar-refractivity contribution is -0.147. The SMILES string of the molecule is NC(N)=NCCCC(NC(=O)C(N)Cc1ccc(O)cc1)C(=O)NC(CCC(=O)O)C(=O)NC(CC(=O)O)C(=O)O. The molecular weight excluding hydrogens is 546 g/mol. The summed E-state index contributed by atoms with van der Waals surface area (Å²) in [4.78, 5) is 76.0. The minimum absolute atomic E-state index is 0.0170. The number of carboxylic acid groups (broad SMARTS) is 3. The van der Waals surface area contributed by atoms with Crippen LogP contribution in [0.1, 0.15) is 37.7 Å². The molecule has 0 bridgehead atoms. The van der Waals surface area contributed by atoms with Crippen LogP contribution in [-0.2, 0) is 35.2 Å². The summed E-state index contributed by atoms with van der Waals surface area (Å²) < 4.78 is 0. The molecule has 4 unspecified atom stereocenters. The normalized spacial score (nSPS) is 13.5. The summed E-state index contributed by atoms with van der Waals surface area (Å²) in [6.45, 7) is 0.0833. The van der Waals surface area contributed by atoms with Gasteiger partial charge in [-0.15, -0.1) is 0 Å². The highest BCUT2D eigenvalue weighted by Gasteiger charge is 2.31. The molecule has 0 aromatic heterocycles. The van der Waals surface area contributed by atoms with Gasteiger partial charge in [0.05, 0.1) is 12.5 Å². The van der Waals surface area contributed by atoms with Crippen LogP contribution in [-0.4, -0.2) is 92.7 Å². The van der Waals surface area contributed by atoms with Crippen LogP contribution in [0.2, 0.25) is 0 Å². The van der Waals surface area contributed by atoms with Gasteiger partial charge in [-0.1, -0.05) is 12.1 Å². The number of nitrogens with two attached hydrogens (primary N) is 3. The van der Waals surface area contributed by atoms with Gasteiger partial charge in [0, 0.05) is 13.0 Å². The van der Waals surface area contributed by atoms with E-state index in [9.17, 15) is 39.0 Å². The van der Waals surface area contributed by atoms with E-state index in [0.717, 1.165) is 0 Å². The maximum Gasteiger partial charge on any atom is 0.326 e. The molecule has 0 aliphatic rings. The number of phenolic OH excluding ortho intramolecular Hbond substituents is 1. The number of nitrogens with zero attached hydrogens (tertiary/aromatic N) is 1. The van der Waals surface area contributed by atoms with Crippen LogP contribution in [0, 0.1) is 0 Å². The van der Waals surface area contributed by atoms with Crippen molar-refractivity contribution in [3.8, 4) is 5.75 Å². The molecule has 0 saturated carbocycles.